The van der Waals surface area contributed by atoms with Crippen molar-refractivity contribution in [3.05, 3.63) is 210 Å². The van der Waals surface area contributed by atoms with Gasteiger partial charge in [-0.05, 0) is 142 Å². The maximum atomic E-state index is 12.6. The number of phenolic OH excluding ortho intramolecular Hbond substituents is 1. The number of alkyl halides is 1. The minimum absolute atomic E-state index is 0. The van der Waals surface area contributed by atoms with Gasteiger partial charge < -0.3 is 40.7 Å². The number of aromatic nitrogens is 6. The molecule has 0 fully saturated rings. The zero-order chi connectivity index (χ0) is 62.9. The number of carboxylic acids is 1. The topological polar surface area (TPSA) is 231 Å². The van der Waals surface area contributed by atoms with Crippen molar-refractivity contribution >= 4 is 119 Å². The summed E-state index contributed by atoms with van der Waals surface area (Å²) in [5, 5.41) is 43.4. The van der Waals surface area contributed by atoms with Gasteiger partial charge in [-0.15, -0.1) is 0 Å². The van der Waals surface area contributed by atoms with Crippen LogP contribution in [0, 0.1) is 0 Å². The summed E-state index contributed by atoms with van der Waals surface area (Å²) < 4.78 is 29.0. The van der Waals surface area contributed by atoms with Crippen LogP contribution < -0.4 is 118 Å². The number of hydrogen-bond acceptors (Lipinski definition) is 14. The van der Waals surface area contributed by atoms with Gasteiger partial charge in [0.2, 0.25) is 12.2 Å². The van der Waals surface area contributed by atoms with Crippen LogP contribution >= 0.6 is 94.2 Å². The van der Waals surface area contributed by atoms with Gasteiger partial charge in [-0.3, -0.25) is 23.6 Å². The van der Waals surface area contributed by atoms with Crippen LogP contribution in [0.15, 0.2) is 173 Å². The fraction of sp³-hybridized carbons (Fsp3) is 0.258. The van der Waals surface area contributed by atoms with E-state index in [-0.39, 0.29) is 166 Å². The first-order valence-corrected chi connectivity index (χ1v) is 29.9. The third-order valence-corrected chi connectivity index (χ3v) is 14.6. The maximum absolute atomic E-state index is 12.6. The molecule has 0 amide bonds. The molecule has 0 radical (unpaired) electrons. The van der Waals surface area contributed by atoms with Gasteiger partial charge in [-0.1, -0.05) is 168 Å². The smallest absolute Gasteiger partial charge is 1.00 e. The average molecular weight is 1610 g/mol. The van der Waals surface area contributed by atoms with Crippen LogP contribution in [0.3, 0.4) is 0 Å². The summed E-state index contributed by atoms with van der Waals surface area (Å²) in [5.74, 6) is -0.706. The molecule has 0 aliphatic carbocycles. The zero-order valence-corrected chi connectivity index (χ0v) is 62.6. The fourth-order valence-corrected chi connectivity index (χ4v) is 9.26. The van der Waals surface area contributed by atoms with Crippen LogP contribution in [-0.4, -0.2) is 77.7 Å². The molecule has 27 heteroatoms. The van der Waals surface area contributed by atoms with Gasteiger partial charge in [0.05, 0.1) is 30.8 Å². The number of nitrogens with zero attached hydrogens (tertiary/aromatic N) is 6. The normalized spacial score (nSPS) is 10.5. The molecule has 3 atom stereocenters. The Morgan fingerprint density at radius 3 is 1.29 bits per heavy atom. The van der Waals surface area contributed by atoms with Gasteiger partial charge in [0.25, 0.3) is 6.47 Å². The number of phenols is 1. The van der Waals surface area contributed by atoms with Crippen molar-refractivity contribution in [2.24, 2.45) is 0 Å². The molecule has 93 heavy (non-hydrogen) atoms. The number of carbonyl (C=O) groups is 4. The molecule has 3 heterocycles. The van der Waals surface area contributed by atoms with Gasteiger partial charge in [0.1, 0.15) is 22.1 Å². The monoisotopic (exact) mass is 1600 g/mol. The first-order chi connectivity index (χ1) is 41.2. The van der Waals surface area contributed by atoms with Crippen molar-refractivity contribution < 1.29 is 163 Å². The van der Waals surface area contributed by atoms with E-state index in [1.54, 1.807) is 127 Å². The maximum Gasteiger partial charge on any atom is 1.00 e. The summed E-state index contributed by atoms with van der Waals surface area (Å²) in [6.07, 6.45) is 3.55. The molecule has 0 bridgehead atoms. The van der Waals surface area contributed by atoms with Crippen LogP contribution in [0.2, 0.25) is 20.1 Å². The quantitative estimate of drug-likeness (QED) is 0.0203. The predicted molar refractivity (Wildman–Crippen MR) is 373 cm³/mol. The van der Waals surface area contributed by atoms with Crippen molar-refractivity contribution in [3.63, 3.8) is 0 Å². The molecule has 6 aromatic carbocycles. The molecule has 0 saturated carbocycles. The third-order valence-electron chi connectivity index (χ3n) is 11.7. The van der Waals surface area contributed by atoms with Crippen LogP contribution in [-0.2, 0) is 53.2 Å². The second-order valence-electron chi connectivity index (χ2n) is 17.4. The number of benzene rings is 6. The SMILES string of the molecule is C.C.C.C.C.CCOC(=O)C(Oc1ccc(Cl)cc1-c1ccn(CC)n1)c1ccc(Cl)cc1.CCn1ccc(-c2cc(Br)ccc2O)n1.CCn1ccc(-c2cc(Br)ccc2OC(C(=O)O)c2ccc(Cl)cc2)n1.COC(=O)C(Br)c1ccc(Cl)cc1.O=CO[O-].[H-].[K+].[K+]. The molecular formula is C66H77Br3Cl4K2N6O12. The Morgan fingerprint density at radius 2 is 0.903 bits per heavy atom. The van der Waals surface area contributed by atoms with Crippen molar-refractivity contribution in [1.82, 2.24) is 29.3 Å². The Hall–Kier alpha value is -3.94. The van der Waals surface area contributed by atoms with E-state index in [4.69, 9.17) is 70.7 Å². The van der Waals surface area contributed by atoms with E-state index in [9.17, 15) is 24.6 Å². The Morgan fingerprint density at radius 1 is 0.548 bits per heavy atom. The Kier molecular flexibility index (Phi) is 48.8. The van der Waals surface area contributed by atoms with E-state index in [1.807, 2.05) is 79.1 Å². The van der Waals surface area contributed by atoms with E-state index in [0.29, 0.717) is 65.2 Å². The molecule has 0 aliphatic rings. The summed E-state index contributed by atoms with van der Waals surface area (Å²) in [5.41, 5.74) is 6.34. The molecule has 18 nitrogen and oxygen atoms in total. The Bertz CT molecular complexity index is 3650. The Balaban J connectivity index is -0.000000568. The van der Waals surface area contributed by atoms with E-state index < -0.39 is 29.0 Å². The fourth-order valence-electron chi connectivity index (χ4n) is 7.50. The number of rotatable bonds is 18. The van der Waals surface area contributed by atoms with Crippen LogP contribution in [0.25, 0.3) is 33.8 Å². The number of halogens is 7. The van der Waals surface area contributed by atoms with Crippen molar-refractivity contribution in [1.29, 1.82) is 0 Å². The number of aliphatic carboxylic acids is 1. The van der Waals surface area contributed by atoms with Crippen LogP contribution in [0.5, 0.6) is 17.2 Å². The van der Waals surface area contributed by atoms with Gasteiger partial charge in [-0.25, -0.2) is 9.59 Å². The standard InChI is InChI=1S/C21H20Cl2N2O3.C19H16BrClN2O3.C11H11BrN2O.C9H8BrClO2.CH2O3.5CH4.2K.H/c1-3-25-12-11-18(24-25)17-13-16(23)9-10-19(17)28-20(21(26)27-4-2)14-5-7-15(22)8-6-14;1-2-23-10-9-16(22-23)15-11-13(20)5-8-17(15)26-18(19(24)25)12-3-6-14(21)7-4-12;1-2-14-6-5-10(13-14)9-7-8(12)3-4-11(9)15;1-13-9(12)8(10)6-2-4-7(11)5-3-6;2-1-4-3;;;;;;;;/h5-13,20H,3-4H2,1-2H3;3-11,18H,2H2,1H3,(H,24,25);3-7,15H,2H2,1H3;2-5,8H,1H3;1,3H;5*1H4;;;/q;;;;;;;;;;2*+1;-1/p-1. The second kappa shape index (κ2) is 48.7. The molecular weight excluding hydrogens is 1530 g/mol. The van der Waals surface area contributed by atoms with E-state index in [0.717, 1.165) is 45.4 Å². The number of ether oxygens (including phenoxy) is 4. The van der Waals surface area contributed by atoms with Crippen molar-refractivity contribution in [3.8, 4) is 51.0 Å². The average Bonchev–Trinajstić information content (AvgIpc) is 1.43. The van der Waals surface area contributed by atoms with E-state index in [2.05, 4.69) is 72.7 Å². The summed E-state index contributed by atoms with van der Waals surface area (Å²) in [4.78, 5) is 46.3. The van der Waals surface area contributed by atoms with Gasteiger partial charge in [0.15, 0.2) is 0 Å². The van der Waals surface area contributed by atoms with E-state index in [1.165, 1.54) is 7.11 Å². The molecule has 2 N–H and O–H groups in total. The number of methoxy groups -OCH3 is 1. The minimum atomic E-state index is -1.15. The molecule has 9 aromatic rings. The number of carbonyl (C=O) groups excluding carboxylic acids is 3. The molecule has 3 aromatic heterocycles. The summed E-state index contributed by atoms with van der Waals surface area (Å²) in [6.45, 7) is 10.2. The first-order valence-electron chi connectivity index (χ1n) is 25.9. The molecule has 9 rings (SSSR count). The first kappa shape index (κ1) is 93.3. The molecule has 3 unspecified atom stereocenters. The Labute approximate surface area is 677 Å². The van der Waals surface area contributed by atoms with Crippen molar-refractivity contribution in [2.45, 2.75) is 101 Å². The molecule has 494 valence electrons. The van der Waals surface area contributed by atoms with Gasteiger partial charge in [-0.2, -0.15) is 15.3 Å². The predicted octanol–water partition coefficient (Wildman–Crippen LogP) is 12.5. The third kappa shape index (κ3) is 29.8. The number of carboxylic acid groups (broad SMARTS) is 1. The van der Waals surface area contributed by atoms with Gasteiger partial charge in [0, 0.05) is 95.1 Å². The zero-order valence-electron chi connectivity index (χ0n) is 49.5. The van der Waals surface area contributed by atoms with Crippen LogP contribution in [0.4, 0.5) is 0 Å². The summed E-state index contributed by atoms with van der Waals surface area (Å²) in [7, 11) is 1.35. The van der Waals surface area contributed by atoms with E-state index >= 15 is 0 Å². The number of aromatic hydroxyl groups is 1. The number of aryl methyl sites for hydroxylation is 3. The number of esters is 2. The minimum Gasteiger partial charge on any atom is -1.00 e. The second-order valence-corrected chi connectivity index (χ2v) is 21.9. The summed E-state index contributed by atoms with van der Waals surface area (Å²) >= 11 is 33.8. The summed E-state index contributed by atoms with van der Waals surface area (Å²) in [6, 6.07) is 42.0. The molecule has 0 aliphatic heterocycles. The van der Waals surface area contributed by atoms with Crippen LogP contribution in [0.1, 0.15) is 100.0 Å². The molecule has 0 saturated heterocycles. The van der Waals surface area contributed by atoms with Gasteiger partial charge >= 0.3 is 121 Å². The molecule has 0 spiro atoms. The number of hydrogen-bond donors (Lipinski definition) is 2. The van der Waals surface area contributed by atoms with Crippen molar-refractivity contribution in [2.75, 3.05) is 13.7 Å². The largest absolute Gasteiger partial charge is 1.00 e.